The Morgan fingerprint density at radius 1 is 1.17 bits per heavy atom. The molecule has 0 aromatic heterocycles. The Balaban J connectivity index is 2.30. The van der Waals surface area contributed by atoms with Crippen LogP contribution in [0.5, 0.6) is 0 Å². The lowest BCUT2D eigenvalue weighted by Gasteiger charge is -2.06. The van der Waals surface area contributed by atoms with Gasteiger partial charge in [0.2, 0.25) is 10.0 Å². The van der Waals surface area contributed by atoms with Gasteiger partial charge in [-0.15, -0.1) is 0 Å². The second-order valence-corrected chi connectivity index (χ2v) is 5.97. The molecule has 1 aromatic carbocycles. The zero-order chi connectivity index (χ0) is 13.4. The summed E-state index contributed by atoms with van der Waals surface area (Å²) in [5.41, 5.74) is 0.911. The summed E-state index contributed by atoms with van der Waals surface area (Å²) < 4.78 is 38.3. The topological polar surface area (TPSA) is 58.2 Å². The van der Waals surface area contributed by atoms with Crippen LogP contribution in [-0.2, 0) is 16.4 Å². The zero-order valence-electron chi connectivity index (χ0n) is 10.4. The van der Waals surface area contributed by atoms with E-state index in [-0.39, 0.29) is 11.6 Å². The van der Waals surface area contributed by atoms with E-state index >= 15 is 0 Å². The Morgan fingerprint density at radius 2 is 1.83 bits per heavy atom. The first kappa shape index (κ1) is 15.1. The molecule has 1 rings (SSSR count). The molecule has 0 atom stereocenters. The molecule has 0 heterocycles. The lowest BCUT2D eigenvalue weighted by atomic mass is 10.1. The Labute approximate surface area is 108 Å². The summed E-state index contributed by atoms with van der Waals surface area (Å²) in [6, 6.07) is 6.06. The van der Waals surface area contributed by atoms with Crippen molar-refractivity contribution in [3.8, 4) is 0 Å². The predicted octanol–water partition coefficient (Wildman–Crippen LogP) is 0.897. The van der Waals surface area contributed by atoms with Crippen molar-refractivity contribution in [3.05, 3.63) is 35.6 Å². The zero-order valence-corrected chi connectivity index (χ0v) is 11.3. The molecule has 0 saturated heterocycles. The Kier molecular flexibility index (Phi) is 6.24. The van der Waals surface area contributed by atoms with E-state index in [2.05, 4.69) is 10.0 Å². The third-order valence-electron chi connectivity index (χ3n) is 2.49. The maximum absolute atomic E-state index is 12.7. The van der Waals surface area contributed by atoms with Crippen molar-refractivity contribution in [2.24, 2.45) is 0 Å². The van der Waals surface area contributed by atoms with Gasteiger partial charge in [-0.2, -0.15) is 0 Å². The minimum Gasteiger partial charge on any atom is -0.320 e. The molecule has 0 radical (unpaired) electrons. The smallest absolute Gasteiger partial charge is 0.211 e. The Morgan fingerprint density at radius 3 is 2.44 bits per heavy atom. The summed E-state index contributed by atoms with van der Waals surface area (Å²) in [5.74, 6) is -0.163. The van der Waals surface area contributed by atoms with Crippen molar-refractivity contribution in [2.45, 2.75) is 12.8 Å². The van der Waals surface area contributed by atoms with Crippen molar-refractivity contribution >= 4 is 10.0 Å². The number of hydrogen-bond donors (Lipinski definition) is 2. The standard InChI is InChI=1S/C12H19FN2O2S/c1-14-8-2-10-18(16,17)15-9-7-11-3-5-12(13)6-4-11/h3-6,14-15H,2,7-10H2,1H3. The van der Waals surface area contributed by atoms with E-state index in [0.717, 1.165) is 5.56 Å². The lowest BCUT2D eigenvalue weighted by Crippen LogP contribution is -2.29. The average Bonchev–Trinajstić information content (AvgIpc) is 2.32. The molecular formula is C12H19FN2O2S. The summed E-state index contributed by atoms with van der Waals surface area (Å²) >= 11 is 0. The lowest BCUT2D eigenvalue weighted by molar-refractivity contribution is 0.577. The minimum atomic E-state index is -3.20. The highest BCUT2D eigenvalue weighted by Crippen LogP contribution is 2.03. The summed E-state index contributed by atoms with van der Waals surface area (Å²) in [4.78, 5) is 0. The monoisotopic (exact) mass is 274 g/mol. The van der Waals surface area contributed by atoms with Gasteiger partial charge >= 0.3 is 0 Å². The van der Waals surface area contributed by atoms with Gasteiger partial charge in [0.15, 0.2) is 0 Å². The fourth-order valence-corrected chi connectivity index (χ4v) is 2.59. The van der Waals surface area contributed by atoms with Gasteiger partial charge < -0.3 is 5.32 Å². The van der Waals surface area contributed by atoms with Crippen LogP contribution in [0.15, 0.2) is 24.3 Å². The van der Waals surface area contributed by atoms with Crippen LogP contribution in [0.25, 0.3) is 0 Å². The van der Waals surface area contributed by atoms with Crippen LogP contribution < -0.4 is 10.0 Å². The molecule has 6 heteroatoms. The van der Waals surface area contributed by atoms with Crippen molar-refractivity contribution in [2.75, 3.05) is 25.9 Å². The third-order valence-corrected chi connectivity index (χ3v) is 3.96. The molecule has 0 spiro atoms. The molecule has 1 aromatic rings. The molecular weight excluding hydrogens is 255 g/mol. The first-order chi connectivity index (χ1) is 8.53. The molecule has 0 fully saturated rings. The molecule has 0 aliphatic rings. The SMILES string of the molecule is CNCCCS(=O)(=O)NCCc1ccc(F)cc1. The Bertz CT molecular complexity index is 446. The van der Waals surface area contributed by atoms with Gasteiger partial charge in [-0.1, -0.05) is 12.1 Å². The van der Waals surface area contributed by atoms with E-state index in [4.69, 9.17) is 0 Å². The van der Waals surface area contributed by atoms with Gasteiger partial charge in [0, 0.05) is 6.54 Å². The van der Waals surface area contributed by atoms with Crippen LogP contribution >= 0.6 is 0 Å². The highest BCUT2D eigenvalue weighted by atomic mass is 32.2. The van der Waals surface area contributed by atoms with Gasteiger partial charge in [-0.3, -0.25) is 0 Å². The predicted molar refractivity (Wildman–Crippen MR) is 70.4 cm³/mol. The first-order valence-electron chi connectivity index (χ1n) is 5.90. The molecule has 0 saturated carbocycles. The molecule has 18 heavy (non-hydrogen) atoms. The van der Waals surface area contributed by atoms with E-state index in [1.807, 2.05) is 0 Å². The van der Waals surface area contributed by atoms with E-state index in [1.165, 1.54) is 12.1 Å². The first-order valence-corrected chi connectivity index (χ1v) is 7.55. The van der Waals surface area contributed by atoms with Crippen LogP contribution in [-0.4, -0.2) is 34.3 Å². The van der Waals surface area contributed by atoms with Crippen molar-refractivity contribution in [1.29, 1.82) is 0 Å². The number of rotatable bonds is 8. The normalized spacial score (nSPS) is 11.7. The number of sulfonamides is 1. The van der Waals surface area contributed by atoms with Gasteiger partial charge in [0.25, 0.3) is 0 Å². The van der Waals surface area contributed by atoms with E-state index in [1.54, 1.807) is 19.2 Å². The minimum absolute atomic E-state index is 0.122. The van der Waals surface area contributed by atoms with E-state index < -0.39 is 10.0 Å². The quantitative estimate of drug-likeness (QED) is 0.692. The molecule has 0 aliphatic heterocycles. The van der Waals surface area contributed by atoms with Crippen LogP contribution in [0.2, 0.25) is 0 Å². The second-order valence-electron chi connectivity index (χ2n) is 4.05. The second kappa shape index (κ2) is 7.45. The maximum atomic E-state index is 12.7. The van der Waals surface area contributed by atoms with Gasteiger partial charge in [0.1, 0.15) is 5.82 Å². The summed E-state index contributed by atoms with van der Waals surface area (Å²) in [7, 11) is -1.41. The fraction of sp³-hybridized carbons (Fsp3) is 0.500. The highest BCUT2D eigenvalue weighted by Gasteiger charge is 2.08. The van der Waals surface area contributed by atoms with Gasteiger partial charge in [-0.05, 0) is 44.1 Å². The number of halogens is 1. The van der Waals surface area contributed by atoms with Crippen molar-refractivity contribution in [3.63, 3.8) is 0 Å². The summed E-state index contributed by atoms with van der Waals surface area (Å²) in [6.45, 7) is 1.02. The highest BCUT2D eigenvalue weighted by molar-refractivity contribution is 7.89. The van der Waals surface area contributed by atoms with Crippen molar-refractivity contribution < 1.29 is 12.8 Å². The molecule has 0 unspecified atom stereocenters. The number of hydrogen-bond acceptors (Lipinski definition) is 3. The summed E-state index contributed by atoms with van der Waals surface area (Å²) in [5, 5.41) is 2.90. The van der Waals surface area contributed by atoms with Crippen LogP contribution in [0, 0.1) is 5.82 Å². The molecule has 0 bridgehead atoms. The average molecular weight is 274 g/mol. The largest absolute Gasteiger partial charge is 0.320 e. The Hall–Kier alpha value is -0.980. The number of benzene rings is 1. The molecule has 4 nitrogen and oxygen atoms in total. The van der Waals surface area contributed by atoms with Gasteiger partial charge in [0.05, 0.1) is 5.75 Å². The molecule has 102 valence electrons. The maximum Gasteiger partial charge on any atom is 0.211 e. The fourth-order valence-electron chi connectivity index (χ4n) is 1.51. The summed E-state index contributed by atoms with van der Waals surface area (Å²) in [6.07, 6.45) is 1.15. The molecule has 0 aliphatic carbocycles. The van der Waals surface area contributed by atoms with E-state index in [9.17, 15) is 12.8 Å². The molecule has 2 N–H and O–H groups in total. The van der Waals surface area contributed by atoms with Crippen molar-refractivity contribution in [1.82, 2.24) is 10.0 Å². The van der Waals surface area contributed by atoms with Crippen LogP contribution in [0.3, 0.4) is 0 Å². The third kappa shape index (κ3) is 6.09. The van der Waals surface area contributed by atoms with Crippen LogP contribution in [0.4, 0.5) is 4.39 Å². The number of nitrogens with one attached hydrogen (secondary N) is 2. The molecule has 0 amide bonds. The van der Waals surface area contributed by atoms with Gasteiger partial charge in [-0.25, -0.2) is 17.5 Å². The van der Waals surface area contributed by atoms with E-state index in [0.29, 0.717) is 25.9 Å². The van der Waals surface area contributed by atoms with Crippen LogP contribution in [0.1, 0.15) is 12.0 Å².